The van der Waals surface area contributed by atoms with Gasteiger partial charge in [-0.15, -0.1) is 0 Å². The van der Waals surface area contributed by atoms with Crippen LogP contribution in [0, 0.1) is 11.7 Å². The third-order valence-corrected chi connectivity index (χ3v) is 4.76. The number of halogens is 2. The van der Waals surface area contributed by atoms with Crippen LogP contribution in [0.25, 0.3) is 0 Å². The molecule has 1 unspecified atom stereocenters. The van der Waals surface area contributed by atoms with Gasteiger partial charge in [0.1, 0.15) is 0 Å². The molecule has 1 heterocycles. The van der Waals surface area contributed by atoms with Crippen molar-refractivity contribution in [3.8, 4) is 5.75 Å². The van der Waals surface area contributed by atoms with Gasteiger partial charge in [0.25, 0.3) is 0 Å². The Morgan fingerprint density at radius 2 is 2.00 bits per heavy atom. The highest BCUT2D eigenvalue weighted by Gasteiger charge is 2.28. The van der Waals surface area contributed by atoms with Gasteiger partial charge < -0.3 is 10.1 Å². The summed E-state index contributed by atoms with van der Waals surface area (Å²) < 4.78 is 19.8. The molecule has 0 spiro atoms. The number of hydrogen-bond acceptors (Lipinski definition) is 3. The summed E-state index contributed by atoms with van der Waals surface area (Å²) in [6, 6.07) is 3.68. The molecule has 2 atom stereocenters. The van der Waals surface area contributed by atoms with Crippen LogP contribution in [0.2, 0.25) is 5.02 Å². The molecule has 0 saturated carbocycles. The highest BCUT2D eigenvalue weighted by molar-refractivity contribution is 6.32. The number of rotatable bonds is 7. The molecule has 130 valence electrons. The van der Waals surface area contributed by atoms with Crippen molar-refractivity contribution < 1.29 is 9.13 Å². The first-order valence-electron chi connectivity index (χ1n) is 8.65. The topological polar surface area (TPSA) is 24.5 Å². The highest BCUT2D eigenvalue weighted by Crippen LogP contribution is 2.37. The number of ether oxygens (including phenoxy) is 1. The zero-order chi connectivity index (χ0) is 16.8. The van der Waals surface area contributed by atoms with Crippen LogP contribution in [0.15, 0.2) is 12.1 Å². The van der Waals surface area contributed by atoms with Crippen molar-refractivity contribution in [2.24, 2.45) is 5.92 Å². The van der Waals surface area contributed by atoms with E-state index in [0.717, 1.165) is 44.6 Å². The maximum absolute atomic E-state index is 14.4. The van der Waals surface area contributed by atoms with Gasteiger partial charge in [0.15, 0.2) is 11.6 Å². The van der Waals surface area contributed by atoms with Crippen molar-refractivity contribution in [1.82, 2.24) is 10.2 Å². The van der Waals surface area contributed by atoms with Gasteiger partial charge in [-0.25, -0.2) is 4.39 Å². The number of nitrogens with one attached hydrogen (secondary N) is 1. The minimum absolute atomic E-state index is 0.167. The Labute approximate surface area is 144 Å². The third kappa shape index (κ3) is 4.59. The molecule has 0 aliphatic carbocycles. The lowest BCUT2D eigenvalue weighted by Crippen LogP contribution is -2.46. The summed E-state index contributed by atoms with van der Waals surface area (Å²) >= 11 is 6.28. The largest absolute Gasteiger partial charge is 0.489 e. The lowest BCUT2D eigenvalue weighted by atomic mass is 9.89. The van der Waals surface area contributed by atoms with E-state index in [1.165, 1.54) is 0 Å². The molecule has 1 saturated heterocycles. The lowest BCUT2D eigenvalue weighted by Gasteiger charge is -2.39. The molecule has 1 fully saturated rings. The molecular weight excluding hydrogens is 315 g/mol. The van der Waals surface area contributed by atoms with Crippen molar-refractivity contribution >= 4 is 11.6 Å². The van der Waals surface area contributed by atoms with Crippen molar-refractivity contribution in [3.63, 3.8) is 0 Å². The van der Waals surface area contributed by atoms with Gasteiger partial charge in [-0.2, -0.15) is 0 Å². The highest BCUT2D eigenvalue weighted by atomic mass is 35.5. The van der Waals surface area contributed by atoms with Crippen LogP contribution >= 0.6 is 11.6 Å². The molecule has 23 heavy (non-hydrogen) atoms. The Kier molecular flexibility index (Phi) is 7.12. The van der Waals surface area contributed by atoms with Gasteiger partial charge in [0, 0.05) is 32.2 Å². The fraction of sp³-hybridized carbons (Fsp3) is 0.667. The van der Waals surface area contributed by atoms with E-state index in [4.69, 9.17) is 16.3 Å². The number of nitrogens with zero attached hydrogens (tertiary/aromatic N) is 1. The molecular formula is C18H28ClFN2O. The van der Waals surface area contributed by atoms with E-state index in [2.05, 4.69) is 24.1 Å². The van der Waals surface area contributed by atoms with Gasteiger partial charge in [0.2, 0.25) is 0 Å². The maximum atomic E-state index is 14.4. The van der Waals surface area contributed by atoms with Crippen molar-refractivity contribution in [2.75, 3.05) is 32.8 Å². The number of benzene rings is 1. The summed E-state index contributed by atoms with van der Waals surface area (Å²) in [5.74, 6) is 0.254. The van der Waals surface area contributed by atoms with Crippen LogP contribution in [-0.2, 0) is 0 Å². The van der Waals surface area contributed by atoms with Gasteiger partial charge >= 0.3 is 0 Å². The zero-order valence-electron chi connectivity index (χ0n) is 14.4. The Bertz CT molecular complexity index is 483. The van der Waals surface area contributed by atoms with Crippen molar-refractivity contribution in [3.05, 3.63) is 28.5 Å². The smallest absolute Gasteiger partial charge is 0.173 e. The quantitative estimate of drug-likeness (QED) is 0.801. The average molecular weight is 343 g/mol. The molecule has 1 aromatic rings. The van der Waals surface area contributed by atoms with Gasteiger partial charge in [-0.1, -0.05) is 31.9 Å². The van der Waals surface area contributed by atoms with Gasteiger partial charge in [-0.3, -0.25) is 4.90 Å². The fourth-order valence-electron chi connectivity index (χ4n) is 3.51. The van der Waals surface area contributed by atoms with E-state index < -0.39 is 0 Å². The first kappa shape index (κ1) is 18.5. The first-order chi connectivity index (χ1) is 11.1. The molecule has 5 heteroatoms. The van der Waals surface area contributed by atoms with Gasteiger partial charge in [-0.05, 0) is 37.0 Å². The fourth-order valence-corrected chi connectivity index (χ4v) is 3.78. The monoisotopic (exact) mass is 342 g/mol. The summed E-state index contributed by atoms with van der Waals surface area (Å²) in [4.78, 5) is 2.45. The molecule has 3 nitrogen and oxygen atoms in total. The summed E-state index contributed by atoms with van der Waals surface area (Å²) in [7, 11) is 0. The molecule has 2 rings (SSSR count). The minimum Gasteiger partial charge on any atom is -0.489 e. The van der Waals surface area contributed by atoms with E-state index in [1.54, 1.807) is 6.07 Å². The van der Waals surface area contributed by atoms with Crippen LogP contribution in [-0.4, -0.2) is 37.7 Å². The summed E-state index contributed by atoms with van der Waals surface area (Å²) in [5, 5.41) is 3.75. The van der Waals surface area contributed by atoms with Crippen LogP contribution in [0.4, 0.5) is 4.39 Å². The van der Waals surface area contributed by atoms with Crippen molar-refractivity contribution in [1.29, 1.82) is 0 Å². The predicted octanol–water partition coefficient (Wildman–Crippen LogP) is 4.26. The SMILES string of the molecule is CCCC(C)[C@@H](c1cc(F)c(OCC)c(Cl)c1)N1CCNCC1. The minimum atomic E-state index is -0.363. The summed E-state index contributed by atoms with van der Waals surface area (Å²) in [6.45, 7) is 10.6. The van der Waals surface area contributed by atoms with Crippen LogP contribution in [0.3, 0.4) is 0 Å². The first-order valence-corrected chi connectivity index (χ1v) is 9.02. The second-order valence-electron chi connectivity index (χ2n) is 6.24. The van der Waals surface area contributed by atoms with Crippen LogP contribution in [0.1, 0.15) is 45.2 Å². The molecule has 0 bridgehead atoms. The molecule has 0 aromatic heterocycles. The second-order valence-corrected chi connectivity index (χ2v) is 6.65. The zero-order valence-corrected chi connectivity index (χ0v) is 15.1. The standard InChI is InChI=1S/C18H28ClFN2O/c1-4-6-13(3)17(22-9-7-21-8-10-22)14-11-15(19)18(23-5-2)16(20)12-14/h11-13,17,21H,4-10H2,1-3H3/t13?,17-/m0/s1. The molecule has 1 N–H and O–H groups in total. The molecule has 1 aromatic carbocycles. The Morgan fingerprint density at radius 3 is 2.57 bits per heavy atom. The number of hydrogen-bond donors (Lipinski definition) is 1. The Morgan fingerprint density at radius 1 is 1.30 bits per heavy atom. The van der Waals surface area contributed by atoms with E-state index >= 15 is 0 Å². The third-order valence-electron chi connectivity index (χ3n) is 4.48. The van der Waals surface area contributed by atoms with Crippen LogP contribution < -0.4 is 10.1 Å². The maximum Gasteiger partial charge on any atom is 0.173 e. The van der Waals surface area contributed by atoms with E-state index in [9.17, 15) is 4.39 Å². The molecule has 1 aliphatic rings. The lowest BCUT2D eigenvalue weighted by molar-refractivity contribution is 0.125. The van der Waals surface area contributed by atoms with Crippen LogP contribution in [0.5, 0.6) is 5.75 Å². The molecule has 0 radical (unpaired) electrons. The predicted molar refractivity (Wildman–Crippen MR) is 93.8 cm³/mol. The Hall–Kier alpha value is -0.840. The van der Waals surface area contributed by atoms with E-state index in [0.29, 0.717) is 17.5 Å². The van der Waals surface area contributed by atoms with Crippen molar-refractivity contribution in [2.45, 2.75) is 39.7 Å². The summed E-state index contributed by atoms with van der Waals surface area (Å²) in [5.41, 5.74) is 0.957. The van der Waals surface area contributed by atoms with E-state index in [-0.39, 0.29) is 17.6 Å². The number of piperazine rings is 1. The summed E-state index contributed by atoms with van der Waals surface area (Å²) in [6.07, 6.45) is 2.23. The molecule has 1 aliphatic heterocycles. The van der Waals surface area contributed by atoms with Gasteiger partial charge in [0.05, 0.1) is 11.6 Å². The molecule has 0 amide bonds. The average Bonchev–Trinajstić information content (AvgIpc) is 2.52. The normalized spacial score (nSPS) is 18.7. The van der Waals surface area contributed by atoms with E-state index in [1.807, 2.05) is 13.0 Å². The second kappa shape index (κ2) is 8.86. The Balaban J connectivity index is 2.34.